The second-order valence-electron chi connectivity index (χ2n) is 5.21. The molecule has 12 heteroatoms. The van der Waals surface area contributed by atoms with Gasteiger partial charge in [-0.1, -0.05) is 0 Å². The Labute approximate surface area is 136 Å². The number of rotatable bonds is 6. The fourth-order valence-electron chi connectivity index (χ4n) is 2.69. The van der Waals surface area contributed by atoms with Crippen LogP contribution in [-0.4, -0.2) is 58.0 Å². The van der Waals surface area contributed by atoms with Gasteiger partial charge < -0.3 is 24.0 Å². The third kappa shape index (κ3) is 4.01. The van der Waals surface area contributed by atoms with E-state index in [1.807, 2.05) is 0 Å². The third-order valence-electron chi connectivity index (χ3n) is 3.66. The zero-order chi connectivity index (χ0) is 18.1. The molecule has 0 aliphatic carbocycles. The van der Waals surface area contributed by atoms with Crippen LogP contribution in [0.5, 0.6) is 0 Å². The van der Waals surface area contributed by atoms with Crippen LogP contribution in [0, 0.1) is 0 Å². The van der Waals surface area contributed by atoms with Gasteiger partial charge in [0.2, 0.25) is 0 Å². The Bertz CT molecular complexity index is 726. The Morgan fingerprint density at radius 1 is 1.29 bits per heavy atom. The molecule has 24 heavy (non-hydrogen) atoms. The van der Waals surface area contributed by atoms with Gasteiger partial charge in [-0.05, 0) is 6.92 Å². The first-order valence-electron chi connectivity index (χ1n) is 6.94. The first-order valence-corrected chi connectivity index (χ1v) is 8.47. The van der Waals surface area contributed by atoms with Crippen molar-refractivity contribution in [3.8, 4) is 0 Å². The van der Waals surface area contributed by atoms with E-state index in [-0.39, 0.29) is 0 Å². The van der Waals surface area contributed by atoms with Crippen LogP contribution in [0.1, 0.15) is 13.2 Å². The molecule has 1 saturated heterocycles. The molecule has 1 aromatic rings. The van der Waals surface area contributed by atoms with Gasteiger partial charge in [0.1, 0.15) is 18.3 Å². The average Bonchev–Trinajstić information content (AvgIpc) is 2.83. The molecule has 0 saturated carbocycles. The highest BCUT2D eigenvalue weighted by atomic mass is 31.2. The molecule has 1 fully saturated rings. The number of hydrogen-bond donors (Lipinski definition) is 3. The van der Waals surface area contributed by atoms with Crippen molar-refractivity contribution in [2.24, 2.45) is 0 Å². The first-order chi connectivity index (χ1) is 11.2. The molecule has 0 amide bonds. The molecule has 11 nitrogen and oxygen atoms in total. The summed E-state index contributed by atoms with van der Waals surface area (Å²) in [5, 5.41) is 0. The normalized spacial score (nSPS) is 28.9. The van der Waals surface area contributed by atoms with Gasteiger partial charge in [-0.25, -0.2) is 9.36 Å². The van der Waals surface area contributed by atoms with Gasteiger partial charge >= 0.3 is 13.5 Å². The molecule has 2 heterocycles. The molecule has 3 N–H and O–H groups in total. The fourth-order valence-corrected chi connectivity index (χ4v) is 3.24. The summed E-state index contributed by atoms with van der Waals surface area (Å²) in [5.41, 5.74) is -1.28. The summed E-state index contributed by atoms with van der Waals surface area (Å²) in [5.74, 6) is 0. The van der Waals surface area contributed by atoms with Gasteiger partial charge in [-0.15, -0.1) is 0 Å². The summed E-state index contributed by atoms with van der Waals surface area (Å²) in [7, 11) is -1.99. The molecule has 0 radical (unpaired) electrons. The van der Waals surface area contributed by atoms with Gasteiger partial charge in [0.25, 0.3) is 5.56 Å². The monoisotopic (exact) mass is 366 g/mol. The maximum Gasteiger partial charge on any atom is 0.469 e. The number of aromatic nitrogens is 2. The van der Waals surface area contributed by atoms with Crippen molar-refractivity contribution in [1.29, 1.82) is 0 Å². The van der Waals surface area contributed by atoms with E-state index in [1.54, 1.807) is 0 Å². The first kappa shape index (κ1) is 19.0. The summed E-state index contributed by atoms with van der Waals surface area (Å²) in [6.07, 6.45) is -3.24. The number of aromatic amines is 1. The van der Waals surface area contributed by atoms with Crippen LogP contribution in [0.15, 0.2) is 21.9 Å². The van der Waals surface area contributed by atoms with Crippen molar-refractivity contribution in [3.05, 3.63) is 33.1 Å². The molecule has 0 spiro atoms. The maximum absolute atomic E-state index is 12.0. The summed E-state index contributed by atoms with van der Waals surface area (Å²) in [6, 6.07) is 1.14. The van der Waals surface area contributed by atoms with Crippen LogP contribution in [0.4, 0.5) is 0 Å². The molecule has 2 rings (SSSR count). The summed E-state index contributed by atoms with van der Waals surface area (Å²) < 4.78 is 33.1. The Hall–Kier alpha value is -1.33. The number of phosphoric acid groups is 1. The fraction of sp³-hybridized carbons (Fsp3) is 0.667. The number of nitrogens with zero attached hydrogens (tertiary/aromatic N) is 1. The SMILES string of the molecule is COC1C(OC)[C@@H]([C@@H](C)OP(=O)(O)O)O[C@H]1n1ccc(=O)[nH]c1=O. The van der Waals surface area contributed by atoms with Crippen LogP contribution in [-0.2, 0) is 23.3 Å². The van der Waals surface area contributed by atoms with E-state index in [1.165, 1.54) is 27.3 Å². The van der Waals surface area contributed by atoms with Crippen molar-refractivity contribution in [1.82, 2.24) is 9.55 Å². The topological polar surface area (TPSA) is 149 Å². The minimum absolute atomic E-state index is 0.568. The van der Waals surface area contributed by atoms with E-state index >= 15 is 0 Å². The quantitative estimate of drug-likeness (QED) is 0.537. The van der Waals surface area contributed by atoms with Gasteiger partial charge in [0.05, 0.1) is 6.10 Å². The second kappa shape index (κ2) is 7.28. The summed E-state index contributed by atoms with van der Waals surface area (Å²) >= 11 is 0. The number of ether oxygens (including phenoxy) is 3. The molecular formula is C12H19N2O9P. The van der Waals surface area contributed by atoms with Crippen LogP contribution in [0.3, 0.4) is 0 Å². The van der Waals surface area contributed by atoms with E-state index < -0.39 is 49.7 Å². The second-order valence-corrected chi connectivity index (χ2v) is 6.40. The van der Waals surface area contributed by atoms with Crippen molar-refractivity contribution in [2.45, 2.75) is 37.6 Å². The zero-order valence-corrected chi connectivity index (χ0v) is 14.1. The molecular weight excluding hydrogens is 347 g/mol. The standard InChI is InChI=1S/C12H19N2O9P/c1-6(23-24(17,18)19)8-9(20-2)10(21-3)11(22-8)14-5-4-7(15)13-12(14)16/h4-6,8-11H,1-3H3,(H,13,15,16)(H2,17,18,19)/t6-,8-,9?,10?,11-/m1/s1. The van der Waals surface area contributed by atoms with E-state index in [0.29, 0.717) is 0 Å². The zero-order valence-electron chi connectivity index (χ0n) is 13.2. The Kier molecular flexibility index (Phi) is 5.76. The van der Waals surface area contributed by atoms with Gasteiger partial charge in [0, 0.05) is 26.5 Å². The lowest BCUT2D eigenvalue weighted by Crippen LogP contribution is -2.41. The molecule has 0 aromatic carbocycles. The third-order valence-corrected chi connectivity index (χ3v) is 4.27. The van der Waals surface area contributed by atoms with Gasteiger partial charge in [-0.2, -0.15) is 0 Å². The van der Waals surface area contributed by atoms with Gasteiger partial charge in [-0.3, -0.25) is 18.9 Å². The van der Waals surface area contributed by atoms with Crippen LogP contribution in [0.2, 0.25) is 0 Å². The minimum Gasteiger partial charge on any atom is -0.376 e. The van der Waals surface area contributed by atoms with Crippen LogP contribution < -0.4 is 11.2 Å². The Morgan fingerprint density at radius 2 is 1.92 bits per heavy atom. The highest BCUT2D eigenvalue weighted by Crippen LogP contribution is 2.42. The van der Waals surface area contributed by atoms with E-state index in [0.717, 1.165) is 10.6 Å². The lowest BCUT2D eigenvalue weighted by Gasteiger charge is -2.25. The van der Waals surface area contributed by atoms with Crippen molar-refractivity contribution < 1.29 is 33.1 Å². The largest absolute Gasteiger partial charge is 0.469 e. The summed E-state index contributed by atoms with van der Waals surface area (Å²) in [6.45, 7) is 1.40. The maximum atomic E-state index is 12.0. The molecule has 1 aliphatic heterocycles. The van der Waals surface area contributed by atoms with E-state index in [2.05, 4.69) is 9.51 Å². The molecule has 0 bridgehead atoms. The smallest absolute Gasteiger partial charge is 0.376 e. The Balaban J connectivity index is 2.35. The minimum atomic E-state index is -4.74. The predicted octanol–water partition coefficient (Wildman–Crippen LogP) is -1.04. The highest BCUT2D eigenvalue weighted by molar-refractivity contribution is 7.46. The lowest BCUT2D eigenvalue weighted by molar-refractivity contribution is -0.0832. The lowest BCUT2D eigenvalue weighted by atomic mass is 10.1. The van der Waals surface area contributed by atoms with Crippen LogP contribution in [0.25, 0.3) is 0 Å². The van der Waals surface area contributed by atoms with Crippen molar-refractivity contribution in [3.63, 3.8) is 0 Å². The van der Waals surface area contributed by atoms with Crippen LogP contribution >= 0.6 is 7.82 Å². The average molecular weight is 366 g/mol. The van der Waals surface area contributed by atoms with Crippen molar-refractivity contribution in [2.75, 3.05) is 14.2 Å². The number of methoxy groups -OCH3 is 2. The molecule has 1 aliphatic rings. The summed E-state index contributed by atoms with van der Waals surface area (Å²) in [4.78, 5) is 43.2. The number of hydrogen-bond acceptors (Lipinski definition) is 7. The predicted molar refractivity (Wildman–Crippen MR) is 79.4 cm³/mol. The molecule has 136 valence electrons. The molecule has 1 aromatic heterocycles. The molecule has 5 atom stereocenters. The van der Waals surface area contributed by atoms with Crippen molar-refractivity contribution >= 4 is 7.82 Å². The van der Waals surface area contributed by atoms with E-state index in [4.69, 9.17) is 24.0 Å². The number of phosphoric ester groups is 1. The molecule has 2 unspecified atom stereocenters. The highest BCUT2D eigenvalue weighted by Gasteiger charge is 2.50. The van der Waals surface area contributed by atoms with E-state index in [9.17, 15) is 14.2 Å². The number of nitrogens with one attached hydrogen (secondary N) is 1. The number of H-pyrrole nitrogens is 1. The van der Waals surface area contributed by atoms with Gasteiger partial charge in [0.15, 0.2) is 6.23 Å². The Morgan fingerprint density at radius 3 is 2.42 bits per heavy atom.